The van der Waals surface area contributed by atoms with Gasteiger partial charge in [-0.1, -0.05) is 17.7 Å². The van der Waals surface area contributed by atoms with Crippen LogP contribution in [0.3, 0.4) is 0 Å². The number of carbonyl (C=O) groups excluding carboxylic acids is 1. The number of nitrogens with zero attached hydrogens (tertiary/aromatic N) is 1. The van der Waals surface area contributed by atoms with Crippen molar-refractivity contribution >= 4 is 11.6 Å². The number of fused-ring (bicyclic) bond motifs is 1. The lowest BCUT2D eigenvalue weighted by atomic mass is 9.98. The van der Waals surface area contributed by atoms with Gasteiger partial charge < -0.3 is 19.1 Å². The summed E-state index contributed by atoms with van der Waals surface area (Å²) in [5, 5.41) is 0. The Morgan fingerprint density at radius 2 is 1.64 bits per heavy atom. The number of aryl methyl sites for hydroxylation is 2. The summed E-state index contributed by atoms with van der Waals surface area (Å²) < 4.78 is 16.1. The number of carbonyl (C=O) groups is 1. The van der Waals surface area contributed by atoms with E-state index < -0.39 is 0 Å². The molecule has 0 aromatic heterocycles. The second-order valence-corrected chi connectivity index (χ2v) is 6.10. The number of benzene rings is 2. The van der Waals surface area contributed by atoms with Crippen LogP contribution in [0.2, 0.25) is 0 Å². The Labute approximate surface area is 148 Å². The Kier molecular flexibility index (Phi) is 4.83. The second kappa shape index (κ2) is 7.05. The van der Waals surface area contributed by atoms with Gasteiger partial charge in [-0.2, -0.15) is 0 Å². The summed E-state index contributed by atoms with van der Waals surface area (Å²) in [4.78, 5) is 15.1. The second-order valence-electron chi connectivity index (χ2n) is 6.10. The van der Waals surface area contributed by atoms with Gasteiger partial charge in [-0.05, 0) is 31.4 Å². The molecule has 132 valence electrons. The maximum Gasteiger partial charge on any atom is 0.262 e. The zero-order chi connectivity index (χ0) is 18.0. The molecule has 25 heavy (non-hydrogen) atoms. The van der Waals surface area contributed by atoms with E-state index in [1.54, 1.807) is 33.5 Å². The van der Waals surface area contributed by atoms with Crippen molar-refractivity contribution in [2.75, 3.05) is 32.8 Å². The van der Waals surface area contributed by atoms with Gasteiger partial charge in [-0.3, -0.25) is 4.79 Å². The van der Waals surface area contributed by atoms with E-state index in [0.717, 1.165) is 18.5 Å². The van der Waals surface area contributed by atoms with Crippen LogP contribution in [0.1, 0.15) is 27.9 Å². The molecule has 0 saturated carbocycles. The lowest BCUT2D eigenvalue weighted by Gasteiger charge is -2.30. The largest absolute Gasteiger partial charge is 0.496 e. The zero-order valence-electron chi connectivity index (χ0n) is 15.1. The normalized spacial score (nSPS) is 13.2. The smallest absolute Gasteiger partial charge is 0.262 e. The molecular weight excluding hydrogens is 318 g/mol. The third-order valence-electron chi connectivity index (χ3n) is 4.53. The van der Waals surface area contributed by atoms with Crippen LogP contribution in [0, 0.1) is 6.92 Å². The number of rotatable bonds is 4. The molecule has 1 heterocycles. The topological polar surface area (TPSA) is 48.0 Å². The first-order valence-corrected chi connectivity index (χ1v) is 8.30. The van der Waals surface area contributed by atoms with Gasteiger partial charge in [0.2, 0.25) is 0 Å². The molecule has 1 amide bonds. The molecule has 0 bridgehead atoms. The monoisotopic (exact) mass is 341 g/mol. The summed E-state index contributed by atoms with van der Waals surface area (Å²) in [6, 6.07) is 9.58. The van der Waals surface area contributed by atoms with Crippen molar-refractivity contribution in [1.29, 1.82) is 0 Å². The molecular formula is C20H23NO4. The van der Waals surface area contributed by atoms with Crippen LogP contribution in [0.15, 0.2) is 30.3 Å². The Bertz CT molecular complexity index is 801. The van der Waals surface area contributed by atoms with Crippen LogP contribution in [0.5, 0.6) is 17.2 Å². The Hall–Kier alpha value is -2.69. The molecule has 2 aromatic rings. The lowest BCUT2D eigenvalue weighted by Crippen LogP contribution is -2.35. The SMILES string of the molecule is COc1cc(OC)c(C(=O)N2CCCc3cc(C)ccc32)cc1OC. The lowest BCUT2D eigenvalue weighted by molar-refractivity contribution is 0.0981. The van der Waals surface area contributed by atoms with Crippen molar-refractivity contribution in [3.05, 3.63) is 47.0 Å². The molecule has 0 radical (unpaired) electrons. The standard InChI is InChI=1S/C20H23NO4/c1-13-7-8-16-14(10-13)6-5-9-21(16)20(22)15-11-18(24-3)19(25-4)12-17(15)23-2/h7-8,10-12H,5-6,9H2,1-4H3. The van der Waals surface area contributed by atoms with Crippen molar-refractivity contribution in [2.24, 2.45) is 0 Å². The Morgan fingerprint density at radius 3 is 2.32 bits per heavy atom. The van der Waals surface area contributed by atoms with Gasteiger partial charge in [0.1, 0.15) is 5.75 Å². The van der Waals surface area contributed by atoms with E-state index in [9.17, 15) is 4.79 Å². The minimum atomic E-state index is -0.0948. The molecule has 0 unspecified atom stereocenters. The third kappa shape index (κ3) is 3.14. The number of ether oxygens (including phenoxy) is 3. The first kappa shape index (κ1) is 17.1. The molecule has 3 rings (SSSR count). The van der Waals surface area contributed by atoms with Gasteiger partial charge in [0.15, 0.2) is 11.5 Å². The average molecular weight is 341 g/mol. The highest BCUT2D eigenvalue weighted by atomic mass is 16.5. The predicted molar refractivity (Wildman–Crippen MR) is 97.3 cm³/mol. The molecule has 0 aliphatic carbocycles. The number of anilines is 1. The number of amides is 1. The highest BCUT2D eigenvalue weighted by Gasteiger charge is 2.27. The zero-order valence-corrected chi connectivity index (χ0v) is 15.1. The maximum absolute atomic E-state index is 13.2. The van der Waals surface area contributed by atoms with Crippen LogP contribution in [0.4, 0.5) is 5.69 Å². The van der Waals surface area contributed by atoms with Crippen LogP contribution < -0.4 is 19.1 Å². The Morgan fingerprint density at radius 1 is 0.960 bits per heavy atom. The summed E-state index contributed by atoms with van der Waals surface area (Å²) >= 11 is 0. The molecule has 0 N–H and O–H groups in total. The number of methoxy groups -OCH3 is 3. The van der Waals surface area contributed by atoms with Crippen molar-refractivity contribution in [2.45, 2.75) is 19.8 Å². The first-order valence-electron chi connectivity index (χ1n) is 8.30. The maximum atomic E-state index is 13.2. The fraction of sp³-hybridized carbons (Fsp3) is 0.350. The summed E-state index contributed by atoms with van der Waals surface area (Å²) in [6.07, 6.45) is 1.93. The van der Waals surface area contributed by atoms with Gasteiger partial charge in [-0.25, -0.2) is 0 Å². The van der Waals surface area contributed by atoms with Gasteiger partial charge in [0.05, 0.1) is 26.9 Å². The fourth-order valence-electron chi connectivity index (χ4n) is 3.28. The van der Waals surface area contributed by atoms with E-state index in [-0.39, 0.29) is 5.91 Å². The number of hydrogen-bond acceptors (Lipinski definition) is 4. The van der Waals surface area contributed by atoms with Crippen molar-refractivity contribution in [1.82, 2.24) is 0 Å². The molecule has 1 aliphatic heterocycles. The molecule has 0 atom stereocenters. The van der Waals surface area contributed by atoms with Crippen molar-refractivity contribution < 1.29 is 19.0 Å². The van der Waals surface area contributed by atoms with Crippen LogP contribution in [-0.4, -0.2) is 33.8 Å². The van der Waals surface area contributed by atoms with Crippen molar-refractivity contribution in [3.8, 4) is 17.2 Å². The molecule has 0 saturated heterocycles. The van der Waals surface area contributed by atoms with Crippen LogP contribution in [0.25, 0.3) is 0 Å². The van der Waals surface area contributed by atoms with E-state index in [0.29, 0.717) is 29.4 Å². The summed E-state index contributed by atoms with van der Waals surface area (Å²) in [6.45, 7) is 2.75. The molecule has 2 aromatic carbocycles. The van der Waals surface area contributed by atoms with Gasteiger partial charge in [-0.15, -0.1) is 0 Å². The molecule has 0 fully saturated rings. The summed E-state index contributed by atoms with van der Waals surface area (Å²) in [5.74, 6) is 1.42. The predicted octanol–water partition coefficient (Wildman–Crippen LogP) is 3.61. The van der Waals surface area contributed by atoms with E-state index in [1.807, 2.05) is 17.0 Å². The molecule has 0 spiro atoms. The van der Waals surface area contributed by atoms with Gasteiger partial charge in [0, 0.05) is 24.4 Å². The van der Waals surface area contributed by atoms with Gasteiger partial charge >= 0.3 is 0 Å². The average Bonchev–Trinajstić information content (AvgIpc) is 2.65. The van der Waals surface area contributed by atoms with E-state index in [1.165, 1.54) is 11.1 Å². The van der Waals surface area contributed by atoms with Gasteiger partial charge in [0.25, 0.3) is 5.91 Å². The first-order chi connectivity index (χ1) is 12.1. The van der Waals surface area contributed by atoms with E-state index in [4.69, 9.17) is 14.2 Å². The highest BCUT2D eigenvalue weighted by Crippen LogP contribution is 2.37. The molecule has 5 nitrogen and oxygen atoms in total. The number of hydrogen-bond donors (Lipinski definition) is 0. The molecule has 1 aliphatic rings. The van der Waals surface area contributed by atoms with Crippen LogP contribution >= 0.6 is 0 Å². The summed E-state index contributed by atoms with van der Waals surface area (Å²) in [5.41, 5.74) is 3.85. The minimum Gasteiger partial charge on any atom is -0.496 e. The quantitative estimate of drug-likeness (QED) is 0.852. The third-order valence-corrected chi connectivity index (χ3v) is 4.53. The fourth-order valence-corrected chi connectivity index (χ4v) is 3.28. The summed E-state index contributed by atoms with van der Waals surface area (Å²) in [7, 11) is 4.66. The van der Waals surface area contributed by atoms with E-state index >= 15 is 0 Å². The Balaban J connectivity index is 2.05. The minimum absolute atomic E-state index is 0.0948. The van der Waals surface area contributed by atoms with Crippen molar-refractivity contribution in [3.63, 3.8) is 0 Å². The van der Waals surface area contributed by atoms with Crippen LogP contribution in [-0.2, 0) is 6.42 Å². The highest BCUT2D eigenvalue weighted by molar-refractivity contribution is 6.09. The van der Waals surface area contributed by atoms with E-state index in [2.05, 4.69) is 13.0 Å². The molecule has 5 heteroatoms.